The van der Waals surface area contributed by atoms with E-state index in [2.05, 4.69) is 50.4 Å². The zero-order chi connectivity index (χ0) is 25.3. The fourth-order valence-corrected chi connectivity index (χ4v) is 7.27. The molecule has 0 saturated carbocycles. The van der Waals surface area contributed by atoms with Gasteiger partial charge in [-0.3, -0.25) is 4.90 Å². The van der Waals surface area contributed by atoms with E-state index in [0.717, 1.165) is 50.4 Å². The number of hydrogen-bond acceptors (Lipinski definition) is 9. The molecule has 4 heterocycles. The van der Waals surface area contributed by atoms with Crippen molar-refractivity contribution >= 4 is 41.3 Å². The summed E-state index contributed by atoms with van der Waals surface area (Å²) in [5, 5.41) is 17.8. The van der Waals surface area contributed by atoms with Crippen LogP contribution in [0.3, 0.4) is 0 Å². The van der Waals surface area contributed by atoms with Crippen LogP contribution in [0, 0.1) is 11.3 Å². The number of H-pyrrole nitrogens is 1. The lowest BCUT2D eigenvalue weighted by Crippen LogP contribution is -2.53. The Balaban J connectivity index is 1.39. The highest BCUT2D eigenvalue weighted by atomic mass is 31.2. The van der Waals surface area contributed by atoms with Gasteiger partial charge >= 0.3 is 0 Å². The van der Waals surface area contributed by atoms with E-state index in [9.17, 15) is 10.2 Å². The number of fused-ring (bicyclic) bond motifs is 1. The van der Waals surface area contributed by atoms with Crippen LogP contribution in [0.4, 0.5) is 17.5 Å². The Labute approximate surface area is 211 Å². The second-order valence-corrected chi connectivity index (χ2v) is 12.8. The van der Waals surface area contributed by atoms with Crippen molar-refractivity contribution in [2.45, 2.75) is 32.4 Å². The Morgan fingerprint density at radius 2 is 2.11 bits per heavy atom. The lowest BCUT2D eigenvalue weighted by molar-refractivity contribution is -0.0622. The summed E-state index contributed by atoms with van der Waals surface area (Å²) in [6, 6.07) is 8.73. The fourth-order valence-electron chi connectivity index (χ4n) is 4.65. The average molecular weight is 511 g/mol. The van der Waals surface area contributed by atoms with Crippen LogP contribution >= 0.6 is 7.49 Å². The molecule has 0 amide bonds. The predicted molar refractivity (Wildman–Crippen MR) is 143 cm³/mol. The summed E-state index contributed by atoms with van der Waals surface area (Å²) in [4.78, 5) is 26.3. The summed E-state index contributed by atoms with van der Waals surface area (Å²) < 4.78 is 11.0. The Morgan fingerprint density at radius 3 is 2.75 bits per heavy atom. The van der Waals surface area contributed by atoms with Crippen molar-refractivity contribution in [3.05, 3.63) is 30.0 Å². The summed E-state index contributed by atoms with van der Waals surface area (Å²) in [7, 11) is -0.628. The topological polar surface area (TPSA) is 131 Å². The van der Waals surface area contributed by atoms with Gasteiger partial charge in [0.25, 0.3) is 0 Å². The Bertz CT molecular complexity index is 1280. The molecule has 36 heavy (non-hydrogen) atoms. The number of nitriles is 1. The fraction of sp³-hybridized carbons (Fsp3) is 0.480. The molecule has 1 aromatic carbocycles. The van der Waals surface area contributed by atoms with Gasteiger partial charge in [0.15, 0.2) is 7.49 Å². The molecule has 2 aliphatic heterocycles. The van der Waals surface area contributed by atoms with E-state index in [1.807, 2.05) is 18.2 Å². The zero-order valence-corrected chi connectivity index (χ0v) is 21.8. The first-order chi connectivity index (χ1) is 17.4. The second-order valence-electron chi connectivity index (χ2n) is 9.49. The molecule has 0 unspecified atom stereocenters. The Kier molecular flexibility index (Phi) is 7.00. The standard InChI is InChI=1S/C25H33N7O3P/c1-4-16(2)28-24-22-17(12-26)13-27-23(22)30-25(31-24)29-20-6-5-19(11-21(20)34-3)36(33)9-7-32(8-10-36)18-14-35-15-18/h5-6,11,13,16,18,33H,4,7-10,14-15H2,1-3H3,(H3,27,28,29,30,31)/q+1/t16-/m0/s1. The number of ether oxygens (including phenoxy) is 2. The van der Waals surface area contributed by atoms with Gasteiger partial charge in [-0.1, -0.05) is 6.92 Å². The van der Waals surface area contributed by atoms with Gasteiger partial charge in [0.05, 0.1) is 43.0 Å². The maximum atomic E-state index is 11.5. The van der Waals surface area contributed by atoms with Gasteiger partial charge in [0.2, 0.25) is 5.95 Å². The molecular formula is C25H33N7O3P+. The summed E-state index contributed by atoms with van der Waals surface area (Å²) in [5.41, 5.74) is 1.78. The molecule has 0 bridgehead atoms. The minimum atomic E-state index is -2.25. The summed E-state index contributed by atoms with van der Waals surface area (Å²) in [6.07, 6.45) is 4.11. The number of benzene rings is 1. The van der Waals surface area contributed by atoms with E-state index in [-0.39, 0.29) is 6.04 Å². The Morgan fingerprint density at radius 1 is 1.33 bits per heavy atom. The van der Waals surface area contributed by atoms with E-state index in [1.54, 1.807) is 13.3 Å². The molecule has 2 aliphatic rings. The molecule has 0 aliphatic carbocycles. The van der Waals surface area contributed by atoms with Crippen LogP contribution in [0.15, 0.2) is 24.4 Å². The first kappa shape index (κ1) is 24.7. The van der Waals surface area contributed by atoms with Crippen LogP contribution < -0.4 is 20.7 Å². The second kappa shape index (κ2) is 10.2. The van der Waals surface area contributed by atoms with Gasteiger partial charge in [-0.2, -0.15) is 15.2 Å². The summed E-state index contributed by atoms with van der Waals surface area (Å²) >= 11 is 0. The van der Waals surface area contributed by atoms with Crippen molar-refractivity contribution in [1.29, 1.82) is 5.26 Å². The molecule has 5 rings (SSSR count). The lowest BCUT2D eigenvalue weighted by Gasteiger charge is -2.40. The van der Waals surface area contributed by atoms with Gasteiger partial charge in [0, 0.05) is 31.4 Å². The van der Waals surface area contributed by atoms with Crippen LogP contribution in [0.5, 0.6) is 5.75 Å². The molecule has 2 saturated heterocycles. The quantitative estimate of drug-likeness (QED) is 0.338. The van der Waals surface area contributed by atoms with Gasteiger partial charge < -0.3 is 25.1 Å². The number of methoxy groups -OCH3 is 1. The highest BCUT2D eigenvalue weighted by molar-refractivity contribution is 7.77. The molecule has 0 radical (unpaired) electrons. The maximum Gasteiger partial charge on any atom is 0.231 e. The molecule has 2 aromatic heterocycles. The predicted octanol–water partition coefficient (Wildman–Crippen LogP) is 3.06. The largest absolute Gasteiger partial charge is 0.494 e. The monoisotopic (exact) mass is 510 g/mol. The smallest absolute Gasteiger partial charge is 0.231 e. The molecule has 190 valence electrons. The maximum absolute atomic E-state index is 11.5. The molecule has 0 spiro atoms. The van der Waals surface area contributed by atoms with Crippen molar-refractivity contribution in [2.75, 3.05) is 56.4 Å². The van der Waals surface area contributed by atoms with E-state index < -0.39 is 7.49 Å². The van der Waals surface area contributed by atoms with Crippen molar-refractivity contribution in [3.63, 3.8) is 0 Å². The SMILES string of the molecule is CC[C@H](C)Nc1nc(Nc2ccc([P+]3(O)CCN(C4COC4)CC3)cc2OC)nc2[nH]cc(C#N)c12. The van der Waals surface area contributed by atoms with Crippen molar-refractivity contribution in [1.82, 2.24) is 19.9 Å². The first-order valence-electron chi connectivity index (χ1n) is 12.4. The van der Waals surface area contributed by atoms with Crippen molar-refractivity contribution in [3.8, 4) is 11.8 Å². The molecule has 1 atom stereocenters. The zero-order valence-electron chi connectivity index (χ0n) is 20.9. The van der Waals surface area contributed by atoms with Crippen LogP contribution in [0.2, 0.25) is 0 Å². The molecule has 10 nitrogen and oxygen atoms in total. The van der Waals surface area contributed by atoms with Crippen molar-refractivity contribution in [2.24, 2.45) is 0 Å². The third-order valence-electron chi connectivity index (χ3n) is 7.21. The number of hydrogen-bond donors (Lipinski definition) is 4. The third kappa shape index (κ3) is 4.72. The van der Waals surface area contributed by atoms with Gasteiger partial charge in [-0.25, -0.2) is 4.89 Å². The number of aromatic amines is 1. The summed E-state index contributed by atoms with van der Waals surface area (Å²) in [6.45, 7) is 7.54. The molecule has 11 heteroatoms. The van der Waals surface area contributed by atoms with Crippen LogP contribution in [-0.2, 0) is 4.74 Å². The van der Waals surface area contributed by atoms with E-state index >= 15 is 0 Å². The number of nitrogens with zero attached hydrogens (tertiary/aromatic N) is 4. The third-order valence-corrected chi connectivity index (χ3v) is 10.3. The van der Waals surface area contributed by atoms with E-state index in [1.165, 1.54) is 0 Å². The van der Waals surface area contributed by atoms with Crippen LogP contribution in [0.25, 0.3) is 11.0 Å². The molecule has 4 N–H and O–H groups in total. The van der Waals surface area contributed by atoms with Gasteiger partial charge in [0.1, 0.15) is 40.9 Å². The number of aromatic nitrogens is 3. The Hall–Kier alpha value is -2.96. The highest BCUT2D eigenvalue weighted by Crippen LogP contribution is 2.55. The minimum Gasteiger partial charge on any atom is -0.494 e. The number of nitrogens with one attached hydrogen (secondary N) is 3. The van der Waals surface area contributed by atoms with E-state index in [4.69, 9.17) is 9.47 Å². The minimum absolute atomic E-state index is 0.180. The summed E-state index contributed by atoms with van der Waals surface area (Å²) in [5.74, 6) is 1.62. The first-order valence-corrected chi connectivity index (χ1v) is 14.5. The van der Waals surface area contributed by atoms with E-state index in [0.29, 0.717) is 45.8 Å². The average Bonchev–Trinajstić information content (AvgIpc) is 3.28. The van der Waals surface area contributed by atoms with Gasteiger partial charge in [-0.05, 0) is 25.5 Å². The molecule has 3 aromatic rings. The van der Waals surface area contributed by atoms with Crippen molar-refractivity contribution < 1.29 is 14.4 Å². The number of anilines is 3. The van der Waals surface area contributed by atoms with Gasteiger partial charge in [-0.15, -0.1) is 0 Å². The normalized spacial score (nSPS) is 18.9. The van der Waals surface area contributed by atoms with Crippen LogP contribution in [-0.4, -0.2) is 82.6 Å². The molecule has 2 fully saturated rings. The highest BCUT2D eigenvalue weighted by Gasteiger charge is 2.44. The molecular weight excluding hydrogens is 477 g/mol. The van der Waals surface area contributed by atoms with Crippen LogP contribution in [0.1, 0.15) is 25.8 Å². The number of rotatable bonds is 8. The lowest BCUT2D eigenvalue weighted by atomic mass is 10.2.